The van der Waals surface area contributed by atoms with Crippen LogP contribution in [0.4, 0.5) is 0 Å². The van der Waals surface area contributed by atoms with Gasteiger partial charge in [0.1, 0.15) is 0 Å². The molecule has 3 unspecified atom stereocenters. The minimum absolute atomic E-state index is 0.478. The van der Waals surface area contributed by atoms with Gasteiger partial charge in [0.25, 0.3) is 0 Å². The van der Waals surface area contributed by atoms with Crippen molar-refractivity contribution in [1.82, 2.24) is 0 Å². The highest BCUT2D eigenvalue weighted by Gasteiger charge is 2.27. The predicted octanol–water partition coefficient (Wildman–Crippen LogP) is 3.44. The predicted molar refractivity (Wildman–Crippen MR) is 56.5 cm³/mol. The van der Waals surface area contributed by atoms with E-state index in [1.54, 1.807) is 0 Å². The van der Waals surface area contributed by atoms with E-state index in [1.165, 1.54) is 32.1 Å². The van der Waals surface area contributed by atoms with Gasteiger partial charge in [-0.1, -0.05) is 33.1 Å². The normalized spacial score (nSPS) is 29.8. The molecular formula is C12H23O. The van der Waals surface area contributed by atoms with E-state index < -0.39 is 0 Å². The van der Waals surface area contributed by atoms with Gasteiger partial charge in [0.05, 0.1) is 12.7 Å². The third kappa shape index (κ3) is 3.30. The highest BCUT2D eigenvalue weighted by molar-refractivity contribution is 4.80. The molecule has 1 radical (unpaired) electrons. The SMILES string of the molecule is [CH2]C1COC1CCC(CC)CCC. The summed E-state index contributed by atoms with van der Waals surface area (Å²) in [5.74, 6) is 1.49. The van der Waals surface area contributed by atoms with Crippen molar-refractivity contribution in [2.24, 2.45) is 11.8 Å². The summed E-state index contributed by atoms with van der Waals surface area (Å²) in [6.45, 7) is 9.50. The standard InChI is InChI=1S/C12H23O/c1-4-6-11(5-2)7-8-12-10(3)9-13-12/h10-12H,3-9H2,1-2H3. The van der Waals surface area contributed by atoms with Crippen molar-refractivity contribution in [2.45, 2.75) is 52.1 Å². The first kappa shape index (κ1) is 11.0. The number of hydrogen-bond donors (Lipinski definition) is 0. The molecule has 1 nitrogen and oxygen atoms in total. The molecule has 0 N–H and O–H groups in total. The monoisotopic (exact) mass is 183 g/mol. The zero-order chi connectivity index (χ0) is 9.68. The van der Waals surface area contributed by atoms with Gasteiger partial charge in [0.15, 0.2) is 0 Å². The van der Waals surface area contributed by atoms with Crippen LogP contribution in [0, 0.1) is 18.8 Å². The fourth-order valence-electron chi connectivity index (χ4n) is 2.05. The molecule has 0 aromatic heterocycles. The Morgan fingerprint density at radius 2 is 2.15 bits per heavy atom. The smallest absolute Gasteiger partial charge is 0.0625 e. The van der Waals surface area contributed by atoms with Gasteiger partial charge in [-0.25, -0.2) is 0 Å². The molecule has 3 atom stereocenters. The lowest BCUT2D eigenvalue weighted by Crippen LogP contribution is -2.37. The van der Waals surface area contributed by atoms with Crippen molar-refractivity contribution in [1.29, 1.82) is 0 Å². The summed E-state index contributed by atoms with van der Waals surface area (Å²) in [6, 6.07) is 0. The van der Waals surface area contributed by atoms with Crippen LogP contribution in [0.3, 0.4) is 0 Å². The molecule has 1 saturated heterocycles. The van der Waals surface area contributed by atoms with Crippen LogP contribution in [0.2, 0.25) is 0 Å². The third-order valence-corrected chi connectivity index (χ3v) is 3.18. The van der Waals surface area contributed by atoms with Crippen molar-refractivity contribution >= 4 is 0 Å². The van der Waals surface area contributed by atoms with Gasteiger partial charge in [-0.2, -0.15) is 0 Å². The van der Waals surface area contributed by atoms with Crippen LogP contribution in [0.25, 0.3) is 0 Å². The van der Waals surface area contributed by atoms with Gasteiger partial charge < -0.3 is 4.74 Å². The molecule has 0 aliphatic carbocycles. The summed E-state index contributed by atoms with van der Waals surface area (Å²) in [5.41, 5.74) is 0. The average molecular weight is 183 g/mol. The molecule has 0 aromatic carbocycles. The quantitative estimate of drug-likeness (QED) is 0.613. The van der Waals surface area contributed by atoms with Gasteiger partial charge in [-0.15, -0.1) is 0 Å². The minimum atomic E-state index is 0.478. The molecule has 1 aliphatic heterocycles. The van der Waals surface area contributed by atoms with E-state index in [-0.39, 0.29) is 0 Å². The summed E-state index contributed by atoms with van der Waals surface area (Å²) < 4.78 is 5.45. The first-order chi connectivity index (χ1) is 6.27. The molecule has 13 heavy (non-hydrogen) atoms. The van der Waals surface area contributed by atoms with Gasteiger partial charge in [0, 0.05) is 5.92 Å². The molecule has 0 bridgehead atoms. The van der Waals surface area contributed by atoms with Gasteiger partial charge in [0.2, 0.25) is 0 Å². The van der Waals surface area contributed by atoms with Crippen LogP contribution in [-0.4, -0.2) is 12.7 Å². The van der Waals surface area contributed by atoms with Crippen LogP contribution in [-0.2, 0) is 4.74 Å². The highest BCUT2D eigenvalue weighted by atomic mass is 16.5. The van der Waals surface area contributed by atoms with Crippen LogP contribution >= 0.6 is 0 Å². The fourth-order valence-corrected chi connectivity index (χ4v) is 2.05. The van der Waals surface area contributed by atoms with Crippen LogP contribution in [0.5, 0.6) is 0 Å². The molecule has 0 amide bonds. The van der Waals surface area contributed by atoms with E-state index in [2.05, 4.69) is 20.8 Å². The summed E-state index contributed by atoms with van der Waals surface area (Å²) in [5, 5.41) is 0. The van der Waals surface area contributed by atoms with Crippen molar-refractivity contribution in [3.63, 3.8) is 0 Å². The molecule has 1 heteroatoms. The first-order valence-electron chi connectivity index (χ1n) is 5.72. The van der Waals surface area contributed by atoms with E-state index in [1.807, 2.05) is 0 Å². The Labute approximate surface area is 82.9 Å². The Bertz CT molecular complexity index is 133. The van der Waals surface area contributed by atoms with E-state index in [0.717, 1.165) is 12.5 Å². The number of ether oxygens (including phenoxy) is 1. The number of rotatable bonds is 6. The molecule has 1 rings (SSSR count). The van der Waals surface area contributed by atoms with Crippen LogP contribution in [0.1, 0.15) is 46.0 Å². The fraction of sp³-hybridized carbons (Fsp3) is 0.917. The number of hydrogen-bond acceptors (Lipinski definition) is 1. The zero-order valence-electron chi connectivity index (χ0n) is 9.09. The Morgan fingerprint density at radius 3 is 2.54 bits per heavy atom. The van der Waals surface area contributed by atoms with Gasteiger partial charge >= 0.3 is 0 Å². The topological polar surface area (TPSA) is 9.23 Å². The maximum atomic E-state index is 5.45. The Morgan fingerprint density at radius 1 is 1.38 bits per heavy atom. The van der Waals surface area contributed by atoms with E-state index in [4.69, 9.17) is 4.74 Å². The molecule has 0 spiro atoms. The van der Waals surface area contributed by atoms with Crippen LogP contribution < -0.4 is 0 Å². The lowest BCUT2D eigenvalue weighted by atomic mass is 9.89. The summed E-state index contributed by atoms with van der Waals surface area (Å²) in [6.07, 6.45) is 7.06. The lowest BCUT2D eigenvalue weighted by molar-refractivity contribution is -0.0999. The summed E-state index contributed by atoms with van der Waals surface area (Å²) in [7, 11) is 0. The van der Waals surface area contributed by atoms with Gasteiger partial charge in [-0.05, 0) is 25.7 Å². The molecule has 77 valence electrons. The second-order valence-electron chi connectivity index (χ2n) is 4.27. The minimum Gasteiger partial charge on any atom is -0.377 e. The zero-order valence-corrected chi connectivity index (χ0v) is 9.09. The molecule has 0 saturated carbocycles. The van der Waals surface area contributed by atoms with E-state index >= 15 is 0 Å². The summed E-state index contributed by atoms with van der Waals surface area (Å²) >= 11 is 0. The second-order valence-corrected chi connectivity index (χ2v) is 4.27. The molecule has 0 aromatic rings. The molecular weight excluding hydrogens is 160 g/mol. The maximum absolute atomic E-state index is 5.45. The van der Waals surface area contributed by atoms with Crippen molar-refractivity contribution < 1.29 is 4.74 Å². The largest absolute Gasteiger partial charge is 0.377 e. The van der Waals surface area contributed by atoms with E-state index in [9.17, 15) is 0 Å². The summed E-state index contributed by atoms with van der Waals surface area (Å²) in [4.78, 5) is 0. The Balaban J connectivity index is 2.08. The lowest BCUT2D eigenvalue weighted by Gasteiger charge is -2.35. The van der Waals surface area contributed by atoms with Crippen molar-refractivity contribution in [3.8, 4) is 0 Å². The van der Waals surface area contributed by atoms with Crippen LogP contribution in [0.15, 0.2) is 0 Å². The second kappa shape index (κ2) is 5.64. The molecule has 1 aliphatic rings. The highest BCUT2D eigenvalue weighted by Crippen LogP contribution is 2.27. The van der Waals surface area contributed by atoms with Gasteiger partial charge in [-0.3, -0.25) is 0 Å². The average Bonchev–Trinajstić information content (AvgIpc) is 2.14. The molecule has 1 heterocycles. The third-order valence-electron chi connectivity index (χ3n) is 3.18. The van der Waals surface area contributed by atoms with Crippen molar-refractivity contribution in [2.75, 3.05) is 6.61 Å². The Hall–Kier alpha value is -0.0400. The maximum Gasteiger partial charge on any atom is 0.0625 e. The Kier molecular flexibility index (Phi) is 4.79. The van der Waals surface area contributed by atoms with Crippen molar-refractivity contribution in [3.05, 3.63) is 6.92 Å². The van der Waals surface area contributed by atoms with E-state index in [0.29, 0.717) is 12.0 Å². The molecule has 1 fully saturated rings. The first-order valence-corrected chi connectivity index (χ1v) is 5.72.